The molecule has 0 saturated heterocycles. The molecule has 2 aromatic rings. The summed E-state index contributed by atoms with van der Waals surface area (Å²) in [6, 6.07) is 3.52. The van der Waals surface area contributed by atoms with Gasteiger partial charge in [0.25, 0.3) is 0 Å². The number of carbonyl (C=O) groups excluding carboxylic acids is 2. The zero-order chi connectivity index (χ0) is 17.0. The third-order valence-electron chi connectivity index (χ3n) is 3.70. The molecule has 7 heteroatoms. The van der Waals surface area contributed by atoms with E-state index in [0.717, 1.165) is 6.07 Å². The normalized spacial score (nSPS) is 12.7. The summed E-state index contributed by atoms with van der Waals surface area (Å²) in [5, 5.41) is 38.8. The highest BCUT2D eigenvalue weighted by Gasteiger charge is 2.37. The molecule has 0 radical (unpaired) electrons. The highest BCUT2D eigenvalue weighted by molar-refractivity contribution is 6.31. The minimum atomic E-state index is -1.65. The fourth-order valence-corrected chi connectivity index (χ4v) is 2.73. The molecule has 0 aliphatic heterocycles. The smallest absolute Gasteiger partial charge is 0.343 e. The lowest BCUT2D eigenvalue weighted by molar-refractivity contribution is 0.0689. The lowest BCUT2D eigenvalue weighted by atomic mass is 9.81. The zero-order valence-corrected chi connectivity index (χ0v) is 11.7. The molecule has 0 atom stereocenters. The molecule has 7 nitrogen and oxygen atoms in total. The Balaban J connectivity index is 2.41. The van der Waals surface area contributed by atoms with Gasteiger partial charge in [0.05, 0.1) is 11.1 Å². The van der Waals surface area contributed by atoms with Gasteiger partial charge in [0.15, 0.2) is 5.78 Å². The van der Waals surface area contributed by atoms with Crippen molar-refractivity contribution in [2.45, 2.75) is 6.92 Å². The molecule has 0 aromatic heterocycles. The zero-order valence-electron chi connectivity index (χ0n) is 11.7. The number of phenolic OH excluding ortho intramolecular Hbond substituents is 1. The number of fused-ring (bicyclic) bond motifs is 2. The standard InChI is InChI=1S/C16H10O7/c1-5-2-6-10(8(17)3-5)14(20)11-7(13(6)19)4-9(18)12(15(11)21)16(22)23/h2-4,17-18,21H,1H3,(H,22,23). The number of aromatic hydroxyl groups is 3. The Bertz CT molecular complexity index is 925. The Morgan fingerprint density at radius 1 is 0.870 bits per heavy atom. The van der Waals surface area contributed by atoms with Gasteiger partial charge in [0.2, 0.25) is 5.78 Å². The first-order valence-corrected chi connectivity index (χ1v) is 6.49. The van der Waals surface area contributed by atoms with Crippen molar-refractivity contribution < 1.29 is 34.8 Å². The topological polar surface area (TPSA) is 132 Å². The van der Waals surface area contributed by atoms with E-state index in [1.807, 2.05) is 0 Å². The second-order valence-electron chi connectivity index (χ2n) is 5.21. The second kappa shape index (κ2) is 4.57. The summed E-state index contributed by atoms with van der Waals surface area (Å²) >= 11 is 0. The Labute approximate surface area is 129 Å². The fraction of sp³-hybridized carbons (Fsp3) is 0.0625. The maximum Gasteiger partial charge on any atom is 0.343 e. The lowest BCUT2D eigenvalue weighted by Crippen LogP contribution is -2.22. The molecule has 0 saturated carbocycles. The van der Waals surface area contributed by atoms with Crippen LogP contribution in [0.4, 0.5) is 0 Å². The number of aryl methyl sites for hydroxylation is 1. The average molecular weight is 314 g/mol. The second-order valence-corrected chi connectivity index (χ2v) is 5.21. The molecule has 23 heavy (non-hydrogen) atoms. The van der Waals surface area contributed by atoms with E-state index in [4.69, 9.17) is 5.11 Å². The molecule has 3 rings (SSSR count). The monoisotopic (exact) mass is 314 g/mol. The van der Waals surface area contributed by atoms with Gasteiger partial charge >= 0.3 is 5.97 Å². The van der Waals surface area contributed by atoms with Gasteiger partial charge < -0.3 is 20.4 Å². The van der Waals surface area contributed by atoms with Crippen LogP contribution in [0.2, 0.25) is 0 Å². The number of hydrogen-bond donors (Lipinski definition) is 4. The minimum Gasteiger partial charge on any atom is -0.507 e. The van der Waals surface area contributed by atoms with Gasteiger partial charge in [-0.15, -0.1) is 0 Å². The summed E-state index contributed by atoms with van der Waals surface area (Å²) in [6.45, 7) is 1.62. The molecule has 1 aliphatic rings. The summed E-state index contributed by atoms with van der Waals surface area (Å²) in [5.74, 6) is -5.50. The van der Waals surface area contributed by atoms with E-state index in [-0.39, 0.29) is 16.7 Å². The van der Waals surface area contributed by atoms with Crippen LogP contribution in [0.3, 0.4) is 0 Å². The van der Waals surface area contributed by atoms with Crippen molar-refractivity contribution in [2.75, 3.05) is 0 Å². The van der Waals surface area contributed by atoms with Gasteiger partial charge in [-0.05, 0) is 30.7 Å². The van der Waals surface area contributed by atoms with E-state index in [0.29, 0.717) is 5.56 Å². The molecule has 2 aromatic carbocycles. The number of aromatic carboxylic acids is 1. The average Bonchev–Trinajstić information content (AvgIpc) is 2.42. The number of rotatable bonds is 1. The molecule has 0 amide bonds. The Kier molecular flexibility index (Phi) is 2.90. The van der Waals surface area contributed by atoms with Crippen molar-refractivity contribution in [3.8, 4) is 17.2 Å². The predicted octanol–water partition coefficient (Wildman–Crippen LogP) is 1.59. The number of ketones is 2. The molecule has 0 heterocycles. The van der Waals surface area contributed by atoms with Crippen molar-refractivity contribution in [1.82, 2.24) is 0 Å². The molecule has 116 valence electrons. The van der Waals surface area contributed by atoms with Crippen LogP contribution in [-0.4, -0.2) is 38.0 Å². The van der Waals surface area contributed by atoms with Crippen LogP contribution >= 0.6 is 0 Å². The van der Waals surface area contributed by atoms with E-state index < -0.39 is 45.9 Å². The number of hydrogen-bond acceptors (Lipinski definition) is 6. The van der Waals surface area contributed by atoms with Crippen LogP contribution in [0.25, 0.3) is 0 Å². The molecule has 0 unspecified atom stereocenters. The summed E-state index contributed by atoms with van der Waals surface area (Å²) in [6.07, 6.45) is 0. The van der Waals surface area contributed by atoms with Gasteiger partial charge in [-0.2, -0.15) is 0 Å². The van der Waals surface area contributed by atoms with E-state index in [1.165, 1.54) is 12.1 Å². The Morgan fingerprint density at radius 2 is 1.48 bits per heavy atom. The predicted molar refractivity (Wildman–Crippen MR) is 76.4 cm³/mol. The van der Waals surface area contributed by atoms with Crippen LogP contribution in [0.15, 0.2) is 18.2 Å². The van der Waals surface area contributed by atoms with Crippen molar-refractivity contribution >= 4 is 17.5 Å². The number of carbonyl (C=O) groups is 3. The van der Waals surface area contributed by atoms with Crippen molar-refractivity contribution in [3.63, 3.8) is 0 Å². The molecule has 0 fully saturated rings. The summed E-state index contributed by atoms with van der Waals surface area (Å²) in [4.78, 5) is 36.2. The highest BCUT2D eigenvalue weighted by atomic mass is 16.4. The fourth-order valence-electron chi connectivity index (χ4n) is 2.73. The molecule has 1 aliphatic carbocycles. The van der Waals surface area contributed by atoms with Crippen molar-refractivity contribution in [3.05, 3.63) is 51.6 Å². The summed E-state index contributed by atoms with van der Waals surface area (Å²) < 4.78 is 0. The molecular weight excluding hydrogens is 304 g/mol. The third-order valence-corrected chi connectivity index (χ3v) is 3.70. The van der Waals surface area contributed by atoms with Gasteiger partial charge in [0, 0.05) is 11.1 Å². The number of phenols is 3. The number of carboxylic acid groups (broad SMARTS) is 1. The van der Waals surface area contributed by atoms with Crippen molar-refractivity contribution in [1.29, 1.82) is 0 Å². The number of benzene rings is 2. The first kappa shape index (κ1) is 14.6. The molecule has 0 spiro atoms. The maximum atomic E-state index is 12.5. The maximum absolute atomic E-state index is 12.5. The van der Waals surface area contributed by atoms with E-state index in [2.05, 4.69) is 0 Å². The largest absolute Gasteiger partial charge is 0.507 e. The number of carboxylic acids is 1. The van der Waals surface area contributed by atoms with Gasteiger partial charge in [-0.25, -0.2) is 4.79 Å². The van der Waals surface area contributed by atoms with E-state index >= 15 is 0 Å². The van der Waals surface area contributed by atoms with E-state index in [9.17, 15) is 29.7 Å². The molecule has 4 N–H and O–H groups in total. The van der Waals surface area contributed by atoms with Crippen LogP contribution in [0, 0.1) is 6.92 Å². The third kappa shape index (κ3) is 1.87. The lowest BCUT2D eigenvalue weighted by Gasteiger charge is -2.21. The summed E-state index contributed by atoms with van der Waals surface area (Å²) in [5.41, 5.74) is -1.56. The Hall–Kier alpha value is -3.35. The Morgan fingerprint density at radius 3 is 2.09 bits per heavy atom. The van der Waals surface area contributed by atoms with Gasteiger partial charge in [0.1, 0.15) is 22.8 Å². The van der Waals surface area contributed by atoms with E-state index in [1.54, 1.807) is 6.92 Å². The van der Waals surface area contributed by atoms with Crippen LogP contribution in [0.5, 0.6) is 17.2 Å². The minimum absolute atomic E-state index is 0.0677. The first-order valence-electron chi connectivity index (χ1n) is 6.49. The van der Waals surface area contributed by atoms with Crippen LogP contribution in [-0.2, 0) is 0 Å². The van der Waals surface area contributed by atoms with Crippen LogP contribution in [0.1, 0.15) is 47.8 Å². The SMILES string of the molecule is Cc1cc(O)c2c(c1)C(=O)c1cc(O)c(C(=O)O)c(O)c1C2=O. The first-order chi connectivity index (χ1) is 10.7. The van der Waals surface area contributed by atoms with Crippen LogP contribution < -0.4 is 0 Å². The molecule has 0 bridgehead atoms. The highest BCUT2D eigenvalue weighted by Crippen LogP contribution is 2.41. The molecular formula is C16H10O7. The van der Waals surface area contributed by atoms with Gasteiger partial charge in [-0.3, -0.25) is 9.59 Å². The summed E-state index contributed by atoms with van der Waals surface area (Å²) in [7, 11) is 0. The van der Waals surface area contributed by atoms with Gasteiger partial charge in [-0.1, -0.05) is 0 Å². The van der Waals surface area contributed by atoms with Crippen molar-refractivity contribution in [2.24, 2.45) is 0 Å². The quantitative estimate of drug-likeness (QED) is 0.536.